The van der Waals surface area contributed by atoms with Crippen molar-refractivity contribution in [3.63, 3.8) is 0 Å². The number of aryl methyl sites for hydroxylation is 1. The maximum Gasteiger partial charge on any atom is 0.313 e. The maximum absolute atomic E-state index is 10.9. The highest BCUT2D eigenvalue weighted by molar-refractivity contribution is 6.17. The van der Waals surface area contributed by atoms with E-state index in [1.807, 2.05) is 0 Å². The van der Waals surface area contributed by atoms with Crippen LogP contribution in [0.15, 0.2) is 10.5 Å². The molecule has 0 fully saturated rings. The van der Waals surface area contributed by atoms with Gasteiger partial charge in [0.05, 0.1) is 5.88 Å². The predicted octanol–water partition coefficient (Wildman–Crippen LogP) is 2.64. The van der Waals surface area contributed by atoms with Gasteiger partial charge in [-0.1, -0.05) is 6.92 Å². The molecule has 1 heterocycles. The molecule has 0 aliphatic rings. The molecule has 0 bridgehead atoms. The average molecular weight is 203 g/mol. The molecular formula is C9H11ClO3. The smallest absolute Gasteiger partial charge is 0.313 e. The summed E-state index contributed by atoms with van der Waals surface area (Å²) < 4.78 is 10.0. The maximum atomic E-state index is 10.9. The van der Waals surface area contributed by atoms with Crippen molar-refractivity contribution < 1.29 is 13.9 Å². The summed E-state index contributed by atoms with van der Waals surface area (Å²) in [7, 11) is 0. The number of halogens is 1. The minimum atomic E-state index is -0.310. The molecule has 0 aromatic carbocycles. The molecule has 1 aromatic heterocycles. The molecule has 0 atom stereocenters. The molecule has 1 aromatic rings. The number of hydrogen-bond acceptors (Lipinski definition) is 3. The normalized spacial score (nSPS) is 10.1. The topological polar surface area (TPSA) is 39.4 Å². The van der Waals surface area contributed by atoms with E-state index < -0.39 is 0 Å². The Hall–Kier alpha value is -0.960. The van der Waals surface area contributed by atoms with Crippen molar-refractivity contribution in [2.75, 3.05) is 0 Å². The van der Waals surface area contributed by atoms with E-state index in [-0.39, 0.29) is 11.9 Å². The van der Waals surface area contributed by atoms with Gasteiger partial charge in [-0.05, 0) is 6.92 Å². The molecule has 0 aliphatic heterocycles. The molecular weight excluding hydrogens is 192 g/mol. The van der Waals surface area contributed by atoms with Crippen molar-refractivity contribution in [1.82, 2.24) is 0 Å². The molecule has 0 saturated carbocycles. The molecule has 3 nitrogen and oxygen atoms in total. The van der Waals surface area contributed by atoms with Crippen LogP contribution in [-0.2, 0) is 10.7 Å². The van der Waals surface area contributed by atoms with Crippen molar-refractivity contribution in [3.05, 3.63) is 17.4 Å². The van der Waals surface area contributed by atoms with Gasteiger partial charge in [0.2, 0.25) is 0 Å². The number of carbonyl (C=O) groups excluding carboxylic acids is 1. The molecule has 4 heteroatoms. The molecule has 1 rings (SSSR count). The molecule has 0 amide bonds. The van der Waals surface area contributed by atoms with E-state index in [4.69, 9.17) is 20.8 Å². The first-order valence-corrected chi connectivity index (χ1v) is 4.56. The van der Waals surface area contributed by atoms with E-state index in [0.717, 1.165) is 5.56 Å². The lowest BCUT2D eigenvalue weighted by Crippen LogP contribution is -2.04. The zero-order valence-electron chi connectivity index (χ0n) is 7.59. The summed E-state index contributed by atoms with van der Waals surface area (Å²) in [6, 6.07) is 1.63. The van der Waals surface area contributed by atoms with E-state index in [1.165, 1.54) is 0 Å². The minimum Gasteiger partial charge on any atom is -0.430 e. The Morgan fingerprint density at radius 1 is 1.69 bits per heavy atom. The summed E-state index contributed by atoms with van der Waals surface area (Å²) in [6.07, 6.45) is 0.329. The van der Waals surface area contributed by atoms with Crippen LogP contribution in [0.4, 0.5) is 0 Å². The van der Waals surface area contributed by atoms with Crippen LogP contribution in [0.2, 0.25) is 0 Å². The van der Waals surface area contributed by atoms with Crippen LogP contribution in [0.3, 0.4) is 0 Å². The van der Waals surface area contributed by atoms with Gasteiger partial charge < -0.3 is 9.15 Å². The summed E-state index contributed by atoms with van der Waals surface area (Å²) >= 11 is 5.62. The molecule has 0 spiro atoms. The van der Waals surface area contributed by atoms with Crippen LogP contribution in [0, 0.1) is 6.92 Å². The number of esters is 1. The second kappa shape index (κ2) is 4.33. The highest BCUT2D eigenvalue weighted by atomic mass is 35.5. The second-order valence-corrected chi connectivity index (χ2v) is 2.88. The van der Waals surface area contributed by atoms with Gasteiger partial charge in [0.1, 0.15) is 5.76 Å². The lowest BCUT2D eigenvalue weighted by molar-refractivity contribution is -0.135. The number of ether oxygens (including phenoxy) is 1. The van der Waals surface area contributed by atoms with Crippen LogP contribution in [0.1, 0.15) is 24.7 Å². The van der Waals surface area contributed by atoms with E-state index in [2.05, 4.69) is 0 Å². The lowest BCUT2D eigenvalue weighted by atomic mass is 10.3. The fraction of sp³-hybridized carbons (Fsp3) is 0.444. The van der Waals surface area contributed by atoms with Gasteiger partial charge in [0.25, 0.3) is 5.95 Å². The summed E-state index contributed by atoms with van der Waals surface area (Å²) in [5.41, 5.74) is 0.848. The second-order valence-electron chi connectivity index (χ2n) is 2.61. The number of carbonyl (C=O) groups is 1. The Morgan fingerprint density at radius 3 is 2.85 bits per heavy atom. The quantitative estimate of drug-likeness (QED) is 0.559. The Kier molecular flexibility index (Phi) is 3.37. The summed E-state index contributed by atoms with van der Waals surface area (Å²) in [4.78, 5) is 10.9. The first kappa shape index (κ1) is 10.1. The SMILES string of the molecule is CCC(=O)Oc1cc(CCl)c(C)o1. The fourth-order valence-electron chi connectivity index (χ4n) is 0.857. The third-order valence-electron chi connectivity index (χ3n) is 1.65. The van der Waals surface area contributed by atoms with Crippen LogP contribution >= 0.6 is 11.6 Å². The summed E-state index contributed by atoms with van der Waals surface area (Å²) in [5.74, 6) is 0.961. The monoisotopic (exact) mass is 202 g/mol. The fourth-order valence-corrected chi connectivity index (χ4v) is 1.12. The molecule has 13 heavy (non-hydrogen) atoms. The Morgan fingerprint density at radius 2 is 2.38 bits per heavy atom. The molecule has 0 unspecified atom stereocenters. The number of alkyl halides is 1. The highest BCUT2D eigenvalue weighted by Crippen LogP contribution is 2.22. The number of furan rings is 1. The Labute approximate surface area is 81.6 Å². The van der Waals surface area contributed by atoms with Crippen molar-refractivity contribution >= 4 is 17.6 Å². The first-order chi connectivity index (χ1) is 6.17. The van der Waals surface area contributed by atoms with Crippen molar-refractivity contribution in [3.8, 4) is 5.95 Å². The molecule has 0 radical (unpaired) electrons. The number of hydrogen-bond donors (Lipinski definition) is 0. The van der Waals surface area contributed by atoms with Gasteiger partial charge >= 0.3 is 5.97 Å². The molecule has 72 valence electrons. The van der Waals surface area contributed by atoms with Crippen LogP contribution < -0.4 is 4.74 Å². The third-order valence-corrected chi connectivity index (χ3v) is 1.93. The number of rotatable bonds is 3. The standard InChI is InChI=1S/C9H11ClO3/c1-3-8(11)13-9-4-7(5-10)6(2)12-9/h4H,3,5H2,1-2H3. The van der Waals surface area contributed by atoms with Gasteiger partial charge in [-0.25, -0.2) is 0 Å². The lowest BCUT2D eigenvalue weighted by Gasteiger charge is -1.95. The van der Waals surface area contributed by atoms with Crippen LogP contribution in [-0.4, -0.2) is 5.97 Å². The molecule has 0 N–H and O–H groups in total. The van der Waals surface area contributed by atoms with Gasteiger partial charge in [0.15, 0.2) is 0 Å². The molecule has 0 saturated heterocycles. The van der Waals surface area contributed by atoms with Crippen LogP contribution in [0.25, 0.3) is 0 Å². The van der Waals surface area contributed by atoms with Crippen molar-refractivity contribution in [2.24, 2.45) is 0 Å². The van der Waals surface area contributed by atoms with Gasteiger partial charge in [-0.15, -0.1) is 11.6 Å². The zero-order chi connectivity index (χ0) is 9.84. The van der Waals surface area contributed by atoms with E-state index in [1.54, 1.807) is 19.9 Å². The highest BCUT2D eigenvalue weighted by Gasteiger charge is 2.09. The van der Waals surface area contributed by atoms with Crippen molar-refractivity contribution in [2.45, 2.75) is 26.1 Å². The largest absolute Gasteiger partial charge is 0.430 e. The first-order valence-electron chi connectivity index (χ1n) is 4.03. The summed E-state index contributed by atoms with van der Waals surface area (Å²) in [6.45, 7) is 3.50. The van der Waals surface area contributed by atoms with Crippen molar-refractivity contribution in [1.29, 1.82) is 0 Å². The Bertz CT molecular complexity index is 304. The Balaban J connectivity index is 2.73. The van der Waals surface area contributed by atoms with E-state index >= 15 is 0 Å². The van der Waals surface area contributed by atoms with Gasteiger partial charge in [-0.3, -0.25) is 4.79 Å². The van der Waals surface area contributed by atoms with Crippen LogP contribution in [0.5, 0.6) is 5.95 Å². The van der Waals surface area contributed by atoms with Gasteiger partial charge in [0, 0.05) is 18.1 Å². The summed E-state index contributed by atoms with van der Waals surface area (Å²) in [5, 5.41) is 0. The molecule has 0 aliphatic carbocycles. The average Bonchev–Trinajstić information content (AvgIpc) is 2.46. The van der Waals surface area contributed by atoms with Gasteiger partial charge in [-0.2, -0.15) is 0 Å². The predicted molar refractivity (Wildman–Crippen MR) is 48.9 cm³/mol. The van der Waals surface area contributed by atoms with E-state index in [9.17, 15) is 4.79 Å². The minimum absolute atomic E-state index is 0.222. The third kappa shape index (κ3) is 2.49. The van der Waals surface area contributed by atoms with E-state index in [0.29, 0.717) is 18.1 Å². The zero-order valence-corrected chi connectivity index (χ0v) is 8.35.